The average molecular weight is 819 g/mol. The molecule has 2 saturated heterocycles. The molecule has 0 aromatic heterocycles. The van der Waals surface area contributed by atoms with Crippen LogP contribution in [0.25, 0.3) is 0 Å². The highest BCUT2D eigenvalue weighted by molar-refractivity contribution is 6.27. The van der Waals surface area contributed by atoms with Crippen molar-refractivity contribution in [2.45, 2.75) is 103 Å². The number of likely N-dealkylation sites (tertiary alicyclic amines) is 2. The molecule has 0 bridgehead atoms. The van der Waals surface area contributed by atoms with Crippen molar-refractivity contribution in [3.63, 3.8) is 0 Å². The lowest BCUT2D eigenvalue weighted by Crippen LogP contribution is -2.46. The fraction of sp³-hybridized carbons (Fsp3) is 0.440. The second-order valence-electron chi connectivity index (χ2n) is 16.0. The normalized spacial score (nSPS) is 15.9. The van der Waals surface area contributed by atoms with E-state index in [9.17, 15) is 9.59 Å². The molecule has 2 atom stereocenters. The van der Waals surface area contributed by atoms with Gasteiger partial charge in [0.1, 0.15) is 0 Å². The highest BCUT2D eigenvalue weighted by Gasteiger charge is 2.27. The Balaban J connectivity index is 0.000000233. The Bertz CT molecular complexity index is 1710. The minimum Gasteiger partial charge on any atom is -0.473 e. The third-order valence-electron chi connectivity index (χ3n) is 11.7. The van der Waals surface area contributed by atoms with Crippen LogP contribution in [0.2, 0.25) is 0 Å². The predicted molar refractivity (Wildman–Crippen MR) is 238 cm³/mol. The maximum atomic E-state index is 12.5. The van der Waals surface area contributed by atoms with Crippen molar-refractivity contribution in [3.8, 4) is 0 Å². The molecule has 0 saturated carbocycles. The number of amides is 2. The number of carbonyl (C=O) groups excluding carboxylic acids is 2. The third-order valence-corrected chi connectivity index (χ3v) is 11.7. The van der Waals surface area contributed by atoms with Crippen molar-refractivity contribution in [1.82, 2.24) is 19.6 Å². The largest absolute Gasteiger partial charge is 0.473 e. The van der Waals surface area contributed by atoms with E-state index in [4.69, 9.17) is 19.8 Å². The van der Waals surface area contributed by atoms with Crippen molar-refractivity contribution in [1.29, 1.82) is 0 Å². The van der Waals surface area contributed by atoms with E-state index in [0.29, 0.717) is 49.9 Å². The summed E-state index contributed by atoms with van der Waals surface area (Å²) in [7, 11) is 0. The first-order valence-electron chi connectivity index (χ1n) is 21.7. The van der Waals surface area contributed by atoms with Crippen molar-refractivity contribution in [2.75, 3.05) is 39.3 Å². The van der Waals surface area contributed by atoms with Crippen LogP contribution in [0.15, 0.2) is 121 Å². The smallest absolute Gasteiger partial charge is 0.414 e. The summed E-state index contributed by atoms with van der Waals surface area (Å²) in [6, 6.07) is 43.2. The zero-order valence-corrected chi connectivity index (χ0v) is 36.1. The summed E-state index contributed by atoms with van der Waals surface area (Å²) in [5.41, 5.74) is 5.34. The fourth-order valence-electron chi connectivity index (χ4n) is 8.23. The molecule has 4 aromatic rings. The maximum absolute atomic E-state index is 12.5. The van der Waals surface area contributed by atoms with Gasteiger partial charge in [-0.1, -0.05) is 135 Å². The molecule has 2 aliphatic heterocycles. The monoisotopic (exact) mass is 818 g/mol. The molecule has 0 aliphatic carbocycles. The SMILES string of the molecule is CCC(=O)N(Cc1ccccc1)CC(C)N1CCC(c2ccccc2)CC1.CCC(=O)N(Cc1ccccc1)CC(C)N1CCC(c2ccccc2)CC1.O=C(O)C(=O)O. The number of aliphatic carboxylic acids is 2. The van der Waals surface area contributed by atoms with Crippen LogP contribution >= 0.6 is 0 Å². The lowest BCUT2D eigenvalue weighted by atomic mass is 9.89. The van der Waals surface area contributed by atoms with Gasteiger partial charge in [0, 0.05) is 51.1 Å². The molecule has 60 heavy (non-hydrogen) atoms. The first kappa shape index (κ1) is 47.4. The van der Waals surface area contributed by atoms with Crippen LogP contribution in [0, 0.1) is 0 Å². The van der Waals surface area contributed by atoms with E-state index in [2.05, 4.69) is 109 Å². The number of hydrogen-bond acceptors (Lipinski definition) is 6. The lowest BCUT2D eigenvalue weighted by molar-refractivity contribution is -0.159. The van der Waals surface area contributed by atoms with E-state index in [0.717, 1.165) is 39.3 Å². The van der Waals surface area contributed by atoms with E-state index in [1.807, 2.05) is 60.0 Å². The Labute approximate surface area is 357 Å². The van der Waals surface area contributed by atoms with Crippen LogP contribution < -0.4 is 0 Å². The van der Waals surface area contributed by atoms with E-state index >= 15 is 0 Å². The Morgan fingerprint density at radius 1 is 0.517 bits per heavy atom. The highest BCUT2D eigenvalue weighted by atomic mass is 16.4. The molecule has 6 rings (SSSR count). The highest BCUT2D eigenvalue weighted by Crippen LogP contribution is 2.30. The van der Waals surface area contributed by atoms with Crippen LogP contribution in [0.1, 0.15) is 100 Å². The Kier molecular flexibility index (Phi) is 20.0. The van der Waals surface area contributed by atoms with Gasteiger partial charge in [0.15, 0.2) is 0 Å². The molecule has 0 radical (unpaired) electrons. The molecule has 2 heterocycles. The first-order valence-corrected chi connectivity index (χ1v) is 21.7. The van der Waals surface area contributed by atoms with Gasteiger partial charge < -0.3 is 20.0 Å². The molecule has 322 valence electrons. The number of rotatable bonds is 14. The number of benzene rings is 4. The molecule has 2 fully saturated rings. The molecule has 10 heteroatoms. The molecule has 4 aromatic carbocycles. The third kappa shape index (κ3) is 15.7. The van der Waals surface area contributed by atoms with E-state index in [1.165, 1.54) is 47.9 Å². The van der Waals surface area contributed by atoms with Crippen molar-refractivity contribution in [3.05, 3.63) is 144 Å². The van der Waals surface area contributed by atoms with Crippen LogP contribution in [0.5, 0.6) is 0 Å². The molecular weight excluding hydrogens is 753 g/mol. The summed E-state index contributed by atoms with van der Waals surface area (Å²) in [5.74, 6) is -1.82. The molecule has 2 aliphatic rings. The fourth-order valence-corrected chi connectivity index (χ4v) is 8.23. The molecule has 10 nitrogen and oxygen atoms in total. The number of piperidine rings is 2. The van der Waals surface area contributed by atoms with Crippen LogP contribution in [-0.4, -0.2) is 105 Å². The van der Waals surface area contributed by atoms with E-state index < -0.39 is 11.9 Å². The van der Waals surface area contributed by atoms with Gasteiger partial charge in [-0.2, -0.15) is 0 Å². The minimum absolute atomic E-state index is 0.241. The number of carboxylic acids is 2. The number of nitrogens with zero attached hydrogens (tertiary/aromatic N) is 4. The van der Waals surface area contributed by atoms with Crippen LogP contribution in [0.3, 0.4) is 0 Å². The molecule has 2 N–H and O–H groups in total. The summed E-state index contributed by atoms with van der Waals surface area (Å²) < 4.78 is 0. The summed E-state index contributed by atoms with van der Waals surface area (Å²) >= 11 is 0. The predicted octanol–water partition coefficient (Wildman–Crippen LogP) is 8.54. The van der Waals surface area contributed by atoms with Gasteiger partial charge in [0.2, 0.25) is 11.8 Å². The summed E-state index contributed by atoms with van der Waals surface area (Å²) in [6.45, 7) is 15.9. The number of carbonyl (C=O) groups is 4. The van der Waals surface area contributed by atoms with E-state index in [1.54, 1.807) is 0 Å². The van der Waals surface area contributed by atoms with Gasteiger partial charge in [-0.25, -0.2) is 9.59 Å². The Morgan fingerprint density at radius 3 is 1.07 bits per heavy atom. The average Bonchev–Trinajstić information content (AvgIpc) is 3.29. The standard InChI is InChI=1S/2C24H32N2O.C2H2O4/c2*1-3-24(27)26(19-21-10-6-4-7-11-21)18-20(2)25-16-14-23(15-17-25)22-12-8-5-9-13-22;3-1(4)2(5)6/h2*4-13,20,23H,3,14-19H2,1-2H3;(H,3,4)(H,5,6). The molecule has 2 unspecified atom stereocenters. The van der Waals surface area contributed by atoms with Gasteiger partial charge in [0.25, 0.3) is 0 Å². The van der Waals surface area contributed by atoms with Gasteiger partial charge in [-0.3, -0.25) is 19.4 Å². The van der Waals surface area contributed by atoms with Gasteiger partial charge in [0.05, 0.1) is 0 Å². The van der Waals surface area contributed by atoms with Crippen molar-refractivity contribution < 1.29 is 29.4 Å². The second-order valence-corrected chi connectivity index (χ2v) is 16.0. The van der Waals surface area contributed by atoms with Gasteiger partial charge in [-0.15, -0.1) is 0 Å². The second kappa shape index (κ2) is 25.3. The minimum atomic E-state index is -1.82. The van der Waals surface area contributed by atoms with Crippen LogP contribution in [0.4, 0.5) is 0 Å². The zero-order chi connectivity index (χ0) is 43.3. The summed E-state index contributed by atoms with van der Waals surface area (Å²) in [4.78, 5) is 52.3. The quantitative estimate of drug-likeness (QED) is 0.122. The zero-order valence-electron chi connectivity index (χ0n) is 36.1. The first-order chi connectivity index (χ1) is 29.0. The van der Waals surface area contributed by atoms with Crippen LogP contribution in [-0.2, 0) is 32.3 Å². The molecular formula is C50H66N4O6. The van der Waals surface area contributed by atoms with Crippen molar-refractivity contribution >= 4 is 23.8 Å². The van der Waals surface area contributed by atoms with E-state index in [-0.39, 0.29) is 11.8 Å². The Hall–Kier alpha value is -5.32. The van der Waals surface area contributed by atoms with Gasteiger partial charge >= 0.3 is 11.9 Å². The summed E-state index contributed by atoms with van der Waals surface area (Å²) in [6.07, 6.45) is 5.94. The topological polar surface area (TPSA) is 122 Å². The Morgan fingerprint density at radius 2 is 0.800 bits per heavy atom. The molecule has 0 spiro atoms. The molecule has 2 amide bonds. The summed E-state index contributed by atoms with van der Waals surface area (Å²) in [5, 5.41) is 14.8. The lowest BCUT2D eigenvalue weighted by Gasteiger charge is -2.38. The number of carboxylic acid groups (broad SMARTS) is 2. The maximum Gasteiger partial charge on any atom is 0.414 e. The number of hydrogen-bond donors (Lipinski definition) is 2. The van der Waals surface area contributed by atoms with Crippen molar-refractivity contribution in [2.24, 2.45) is 0 Å². The van der Waals surface area contributed by atoms with Gasteiger partial charge in [-0.05, 0) is 99.8 Å².